The Bertz CT molecular complexity index is 725. The Morgan fingerprint density at radius 3 is 2.46 bits per heavy atom. The van der Waals surface area contributed by atoms with E-state index in [4.69, 9.17) is 4.74 Å². The van der Waals surface area contributed by atoms with Gasteiger partial charge in [0.05, 0.1) is 17.7 Å². The molecule has 7 heteroatoms. The second kappa shape index (κ2) is 8.42. The van der Waals surface area contributed by atoms with Gasteiger partial charge in [-0.15, -0.1) is 0 Å². The zero-order chi connectivity index (χ0) is 17.4. The quantitative estimate of drug-likeness (QED) is 0.480. The first-order valence-corrected chi connectivity index (χ1v) is 7.41. The van der Waals surface area contributed by atoms with Crippen molar-refractivity contribution in [2.75, 3.05) is 6.61 Å². The number of hydrazone groups is 1. The van der Waals surface area contributed by atoms with Crippen molar-refractivity contribution in [2.24, 2.45) is 5.10 Å². The van der Waals surface area contributed by atoms with Gasteiger partial charge in [0.25, 0.3) is 11.6 Å². The van der Waals surface area contributed by atoms with E-state index < -0.39 is 4.92 Å². The number of nitrogens with zero attached hydrogens (tertiary/aromatic N) is 2. The van der Waals surface area contributed by atoms with Crippen molar-refractivity contribution in [1.29, 1.82) is 0 Å². The molecule has 0 saturated heterocycles. The molecule has 0 aliphatic carbocycles. The molecular weight excluding hydrogens is 310 g/mol. The average molecular weight is 327 g/mol. The van der Waals surface area contributed by atoms with Gasteiger partial charge >= 0.3 is 0 Å². The van der Waals surface area contributed by atoms with Crippen LogP contribution in [0.25, 0.3) is 0 Å². The fraction of sp³-hybridized carbons (Fsp3) is 0.176. The molecule has 2 rings (SSSR count). The number of hydrogen-bond acceptors (Lipinski definition) is 5. The lowest BCUT2D eigenvalue weighted by Crippen LogP contribution is -2.17. The smallest absolute Gasteiger partial charge is 0.271 e. The number of nitrogens with one attached hydrogen (secondary N) is 1. The van der Waals surface area contributed by atoms with Crippen LogP contribution in [0.4, 0.5) is 5.69 Å². The topological polar surface area (TPSA) is 93.8 Å². The van der Waals surface area contributed by atoms with Crippen LogP contribution in [0.1, 0.15) is 29.3 Å². The fourth-order valence-corrected chi connectivity index (χ4v) is 1.83. The van der Waals surface area contributed by atoms with E-state index in [0.717, 1.165) is 6.42 Å². The molecule has 0 saturated carbocycles. The Morgan fingerprint density at radius 1 is 1.21 bits per heavy atom. The Hall–Kier alpha value is -3.22. The first kappa shape index (κ1) is 17.1. The lowest BCUT2D eigenvalue weighted by molar-refractivity contribution is -0.384. The van der Waals surface area contributed by atoms with Crippen molar-refractivity contribution < 1.29 is 14.5 Å². The number of carbonyl (C=O) groups excluding carboxylic acids is 1. The molecule has 24 heavy (non-hydrogen) atoms. The molecule has 124 valence electrons. The summed E-state index contributed by atoms with van der Waals surface area (Å²) in [6.45, 7) is 2.65. The molecule has 1 amide bonds. The Morgan fingerprint density at radius 2 is 1.88 bits per heavy atom. The molecule has 0 fully saturated rings. The van der Waals surface area contributed by atoms with Crippen molar-refractivity contribution in [3.8, 4) is 5.75 Å². The number of non-ortho nitro benzene ring substituents is 1. The highest BCUT2D eigenvalue weighted by Crippen LogP contribution is 2.13. The maximum absolute atomic E-state index is 11.9. The van der Waals surface area contributed by atoms with E-state index in [1.54, 1.807) is 36.4 Å². The highest BCUT2D eigenvalue weighted by atomic mass is 16.6. The standard InChI is InChI=1S/C17H17N3O4/c1-2-11-24-16-9-5-14(6-10-16)17(21)19-18-12-13-3-7-15(8-4-13)20(22)23/h3-10,12H,2,11H2,1H3,(H,19,21)/b18-12+. The van der Waals surface area contributed by atoms with E-state index in [-0.39, 0.29) is 11.6 Å². The number of ether oxygens (including phenoxy) is 1. The van der Waals surface area contributed by atoms with Crippen molar-refractivity contribution in [1.82, 2.24) is 5.43 Å². The summed E-state index contributed by atoms with van der Waals surface area (Å²) in [5, 5.41) is 14.4. The zero-order valence-electron chi connectivity index (χ0n) is 13.1. The fourth-order valence-electron chi connectivity index (χ4n) is 1.83. The number of nitro groups is 1. The molecule has 0 aromatic heterocycles. The van der Waals surface area contributed by atoms with Gasteiger partial charge in [0.2, 0.25) is 0 Å². The predicted molar refractivity (Wildman–Crippen MR) is 90.4 cm³/mol. The zero-order valence-corrected chi connectivity index (χ0v) is 13.1. The molecule has 1 N–H and O–H groups in total. The van der Waals surface area contributed by atoms with E-state index >= 15 is 0 Å². The van der Waals surface area contributed by atoms with Crippen LogP contribution < -0.4 is 10.2 Å². The second-order valence-electron chi connectivity index (χ2n) is 4.92. The van der Waals surface area contributed by atoms with Gasteiger partial charge in [0.15, 0.2) is 0 Å². The minimum absolute atomic E-state index is 0.00145. The second-order valence-corrected chi connectivity index (χ2v) is 4.92. The number of carbonyl (C=O) groups is 1. The normalized spacial score (nSPS) is 10.5. The first-order chi connectivity index (χ1) is 11.6. The van der Waals surface area contributed by atoms with Gasteiger partial charge in [0, 0.05) is 17.7 Å². The summed E-state index contributed by atoms with van der Waals surface area (Å²) in [4.78, 5) is 22.0. The van der Waals surface area contributed by atoms with Crippen LogP contribution >= 0.6 is 0 Å². The lowest BCUT2D eigenvalue weighted by atomic mass is 10.2. The van der Waals surface area contributed by atoms with Crippen LogP contribution in [-0.2, 0) is 0 Å². The van der Waals surface area contributed by atoms with Crippen molar-refractivity contribution >= 4 is 17.8 Å². The summed E-state index contributed by atoms with van der Waals surface area (Å²) in [6.07, 6.45) is 2.33. The molecular formula is C17H17N3O4. The van der Waals surface area contributed by atoms with Crippen LogP contribution in [0.3, 0.4) is 0 Å². The summed E-state index contributed by atoms with van der Waals surface area (Å²) in [6, 6.07) is 12.6. The molecule has 0 atom stereocenters. The lowest BCUT2D eigenvalue weighted by Gasteiger charge is -2.05. The molecule has 2 aromatic carbocycles. The Labute approximate surface area is 139 Å². The molecule has 0 spiro atoms. The van der Waals surface area contributed by atoms with Crippen molar-refractivity contribution in [3.05, 3.63) is 69.8 Å². The third-order valence-corrected chi connectivity index (χ3v) is 3.07. The predicted octanol–water partition coefficient (Wildman–Crippen LogP) is 3.15. The number of nitro benzene ring substituents is 1. The van der Waals surface area contributed by atoms with Gasteiger partial charge in [-0.1, -0.05) is 6.92 Å². The van der Waals surface area contributed by atoms with Crippen LogP contribution in [0.5, 0.6) is 5.75 Å². The monoisotopic (exact) mass is 327 g/mol. The molecule has 0 radical (unpaired) electrons. The van der Waals surface area contributed by atoms with E-state index in [2.05, 4.69) is 10.5 Å². The third-order valence-electron chi connectivity index (χ3n) is 3.07. The Balaban J connectivity index is 1.91. The number of hydrogen-bond donors (Lipinski definition) is 1. The molecule has 0 bridgehead atoms. The van der Waals surface area contributed by atoms with Crippen LogP contribution in [0.15, 0.2) is 53.6 Å². The van der Waals surface area contributed by atoms with Gasteiger partial charge in [-0.25, -0.2) is 5.43 Å². The minimum Gasteiger partial charge on any atom is -0.494 e. The van der Waals surface area contributed by atoms with E-state index in [1.165, 1.54) is 18.3 Å². The van der Waals surface area contributed by atoms with Crippen LogP contribution in [-0.4, -0.2) is 23.7 Å². The molecule has 7 nitrogen and oxygen atoms in total. The maximum Gasteiger partial charge on any atom is 0.271 e. The number of rotatable bonds is 7. The van der Waals surface area contributed by atoms with E-state index in [1.807, 2.05) is 6.92 Å². The maximum atomic E-state index is 11.9. The summed E-state index contributed by atoms with van der Waals surface area (Å²) in [7, 11) is 0. The first-order valence-electron chi connectivity index (χ1n) is 7.41. The highest BCUT2D eigenvalue weighted by molar-refractivity contribution is 5.95. The van der Waals surface area contributed by atoms with E-state index in [0.29, 0.717) is 23.5 Å². The van der Waals surface area contributed by atoms with Gasteiger partial charge in [0.1, 0.15) is 5.75 Å². The summed E-state index contributed by atoms with van der Waals surface area (Å²) < 4.78 is 5.45. The summed E-state index contributed by atoms with van der Waals surface area (Å²) >= 11 is 0. The molecule has 0 aliphatic rings. The summed E-state index contributed by atoms with van der Waals surface area (Å²) in [5.74, 6) is 0.359. The third kappa shape index (κ3) is 4.91. The number of benzene rings is 2. The van der Waals surface area contributed by atoms with E-state index in [9.17, 15) is 14.9 Å². The average Bonchev–Trinajstić information content (AvgIpc) is 2.60. The van der Waals surface area contributed by atoms with Crippen LogP contribution in [0.2, 0.25) is 0 Å². The van der Waals surface area contributed by atoms with Gasteiger partial charge in [-0.05, 0) is 48.4 Å². The minimum atomic E-state index is -0.476. The van der Waals surface area contributed by atoms with Crippen LogP contribution in [0, 0.1) is 10.1 Å². The Kier molecular flexibility index (Phi) is 6.01. The molecule has 0 heterocycles. The van der Waals surface area contributed by atoms with Gasteiger partial charge in [-0.3, -0.25) is 14.9 Å². The van der Waals surface area contributed by atoms with Crippen molar-refractivity contribution in [2.45, 2.75) is 13.3 Å². The van der Waals surface area contributed by atoms with Gasteiger partial charge in [-0.2, -0.15) is 5.10 Å². The number of amides is 1. The van der Waals surface area contributed by atoms with Crippen molar-refractivity contribution in [3.63, 3.8) is 0 Å². The highest BCUT2D eigenvalue weighted by Gasteiger charge is 2.05. The molecule has 2 aromatic rings. The molecule has 0 unspecified atom stereocenters. The molecule has 0 aliphatic heterocycles. The summed E-state index contributed by atoms with van der Waals surface area (Å²) in [5.41, 5.74) is 3.51. The largest absolute Gasteiger partial charge is 0.494 e. The van der Waals surface area contributed by atoms with Gasteiger partial charge < -0.3 is 4.74 Å². The SMILES string of the molecule is CCCOc1ccc(C(=O)N/N=C/c2ccc([N+](=O)[O-])cc2)cc1.